The molecule has 0 unspecified atom stereocenters. The Balaban J connectivity index is 1.35. The van der Waals surface area contributed by atoms with Crippen molar-refractivity contribution in [2.24, 2.45) is 11.0 Å². The molecule has 1 fully saturated rings. The summed E-state index contributed by atoms with van der Waals surface area (Å²) in [4.78, 5) is 26.7. The highest BCUT2D eigenvalue weighted by Gasteiger charge is 2.35. The van der Waals surface area contributed by atoms with Gasteiger partial charge in [-0.25, -0.2) is 5.43 Å². The summed E-state index contributed by atoms with van der Waals surface area (Å²) in [7, 11) is 0. The van der Waals surface area contributed by atoms with Crippen molar-refractivity contribution in [1.82, 2.24) is 5.43 Å². The van der Waals surface area contributed by atoms with Gasteiger partial charge >= 0.3 is 0 Å². The molecule has 0 aliphatic carbocycles. The Morgan fingerprint density at radius 2 is 1.86 bits per heavy atom. The van der Waals surface area contributed by atoms with Gasteiger partial charge in [-0.15, -0.1) is 0 Å². The van der Waals surface area contributed by atoms with Crippen LogP contribution in [-0.4, -0.2) is 31.2 Å². The number of amides is 2. The molecule has 3 aromatic rings. The summed E-state index contributed by atoms with van der Waals surface area (Å²) in [6.07, 6.45) is 1.68. The SMILES string of the molecule is CCOc1cc(/C=N\NC(=O)[C@@H]2CC(=O)N(c3ccc(Br)cc3)C2)ccc1OCc1ccc(Cl)cc1. The Hall–Kier alpha value is -3.36. The number of hydrogen-bond acceptors (Lipinski definition) is 5. The summed E-state index contributed by atoms with van der Waals surface area (Å²) in [5.41, 5.74) is 5.04. The lowest BCUT2D eigenvalue weighted by Gasteiger charge is -2.16. The fourth-order valence-electron chi connectivity index (χ4n) is 3.75. The molecular formula is C27H25BrClN3O4. The van der Waals surface area contributed by atoms with Crippen LogP contribution in [0.2, 0.25) is 5.02 Å². The molecular weight excluding hydrogens is 546 g/mol. The zero-order valence-electron chi connectivity index (χ0n) is 19.6. The Labute approximate surface area is 223 Å². The molecule has 1 saturated heterocycles. The van der Waals surface area contributed by atoms with Crippen molar-refractivity contribution in [3.8, 4) is 11.5 Å². The standard InChI is InChI=1S/C27H25BrClN3O4/c1-2-35-25-13-19(5-12-24(25)36-17-18-3-8-22(29)9-4-18)15-30-31-27(34)20-14-26(33)32(16-20)23-10-6-21(28)7-11-23/h3-13,15,20H,2,14,16-17H2,1H3,(H,31,34)/b30-15-/t20-/m1/s1. The Bertz CT molecular complexity index is 1250. The molecule has 9 heteroatoms. The second kappa shape index (κ2) is 12.1. The van der Waals surface area contributed by atoms with Gasteiger partial charge in [0.1, 0.15) is 6.61 Å². The van der Waals surface area contributed by atoms with Gasteiger partial charge in [-0.05, 0) is 72.6 Å². The van der Waals surface area contributed by atoms with Gasteiger partial charge in [0.25, 0.3) is 0 Å². The molecule has 1 atom stereocenters. The van der Waals surface area contributed by atoms with Crippen LogP contribution in [0, 0.1) is 5.92 Å². The summed E-state index contributed by atoms with van der Waals surface area (Å²) < 4.78 is 12.6. The summed E-state index contributed by atoms with van der Waals surface area (Å²) in [5, 5.41) is 4.76. The second-order valence-electron chi connectivity index (χ2n) is 8.17. The molecule has 1 heterocycles. The average Bonchev–Trinajstić information content (AvgIpc) is 3.27. The fourth-order valence-corrected chi connectivity index (χ4v) is 4.14. The van der Waals surface area contributed by atoms with Crippen LogP contribution in [0.1, 0.15) is 24.5 Å². The van der Waals surface area contributed by atoms with E-state index < -0.39 is 5.92 Å². The number of carbonyl (C=O) groups is 2. The molecule has 1 aliphatic rings. The minimum absolute atomic E-state index is 0.0861. The zero-order chi connectivity index (χ0) is 25.5. The second-order valence-corrected chi connectivity index (χ2v) is 9.52. The maximum atomic E-state index is 12.6. The minimum atomic E-state index is -0.471. The summed E-state index contributed by atoms with van der Waals surface area (Å²) in [6, 6.07) is 20.3. The van der Waals surface area contributed by atoms with Crippen LogP contribution in [0.15, 0.2) is 76.3 Å². The van der Waals surface area contributed by atoms with E-state index in [1.165, 1.54) is 6.21 Å². The first kappa shape index (κ1) is 25.7. The van der Waals surface area contributed by atoms with E-state index >= 15 is 0 Å². The number of hydrogen-bond donors (Lipinski definition) is 1. The van der Waals surface area contributed by atoms with E-state index in [1.807, 2.05) is 61.5 Å². The van der Waals surface area contributed by atoms with Gasteiger partial charge in [0.05, 0.1) is 18.7 Å². The van der Waals surface area contributed by atoms with Crippen molar-refractivity contribution in [3.63, 3.8) is 0 Å². The molecule has 3 aromatic carbocycles. The Morgan fingerprint density at radius 3 is 2.58 bits per heavy atom. The molecule has 0 aromatic heterocycles. The van der Waals surface area contributed by atoms with E-state index in [-0.39, 0.29) is 18.2 Å². The van der Waals surface area contributed by atoms with Crippen molar-refractivity contribution in [1.29, 1.82) is 0 Å². The van der Waals surface area contributed by atoms with Crippen LogP contribution in [0.5, 0.6) is 11.5 Å². The Morgan fingerprint density at radius 1 is 1.11 bits per heavy atom. The molecule has 0 saturated carbocycles. The number of carbonyl (C=O) groups excluding carboxylic acids is 2. The summed E-state index contributed by atoms with van der Waals surface area (Å²) in [5.74, 6) is 0.323. The highest BCUT2D eigenvalue weighted by molar-refractivity contribution is 9.10. The highest BCUT2D eigenvalue weighted by Crippen LogP contribution is 2.29. The number of ether oxygens (including phenoxy) is 2. The lowest BCUT2D eigenvalue weighted by Crippen LogP contribution is -2.30. The molecule has 4 rings (SSSR count). The molecule has 7 nitrogen and oxygen atoms in total. The van der Waals surface area contributed by atoms with Gasteiger partial charge in [0.2, 0.25) is 11.8 Å². The van der Waals surface area contributed by atoms with E-state index in [4.69, 9.17) is 21.1 Å². The van der Waals surface area contributed by atoms with Crippen LogP contribution in [0.4, 0.5) is 5.69 Å². The van der Waals surface area contributed by atoms with Crippen LogP contribution in [-0.2, 0) is 16.2 Å². The van der Waals surface area contributed by atoms with Gasteiger partial charge in [-0.2, -0.15) is 5.10 Å². The lowest BCUT2D eigenvalue weighted by molar-refractivity contribution is -0.126. The largest absolute Gasteiger partial charge is 0.490 e. The van der Waals surface area contributed by atoms with E-state index in [0.29, 0.717) is 36.3 Å². The lowest BCUT2D eigenvalue weighted by atomic mass is 10.1. The van der Waals surface area contributed by atoms with Gasteiger partial charge in [0, 0.05) is 28.1 Å². The van der Waals surface area contributed by atoms with Crippen molar-refractivity contribution in [2.45, 2.75) is 20.0 Å². The first-order valence-corrected chi connectivity index (χ1v) is 12.6. The number of benzene rings is 3. The third-order valence-corrected chi connectivity index (χ3v) is 6.38. The number of hydrazone groups is 1. The van der Waals surface area contributed by atoms with Crippen molar-refractivity contribution < 1.29 is 19.1 Å². The van der Waals surface area contributed by atoms with Crippen LogP contribution in [0.25, 0.3) is 0 Å². The van der Waals surface area contributed by atoms with Gasteiger partial charge in [0.15, 0.2) is 11.5 Å². The van der Waals surface area contributed by atoms with E-state index in [9.17, 15) is 9.59 Å². The monoisotopic (exact) mass is 569 g/mol. The van der Waals surface area contributed by atoms with Crippen LogP contribution in [0.3, 0.4) is 0 Å². The first-order valence-electron chi connectivity index (χ1n) is 11.5. The number of nitrogens with zero attached hydrogens (tertiary/aromatic N) is 2. The van der Waals surface area contributed by atoms with Crippen LogP contribution >= 0.6 is 27.5 Å². The number of halogens is 2. The molecule has 2 amide bonds. The molecule has 0 bridgehead atoms. The summed E-state index contributed by atoms with van der Waals surface area (Å²) >= 11 is 9.32. The fraction of sp³-hybridized carbons (Fsp3) is 0.222. The maximum Gasteiger partial charge on any atom is 0.245 e. The first-order chi connectivity index (χ1) is 17.4. The molecule has 0 radical (unpaired) electrons. The normalized spacial score (nSPS) is 15.4. The Kier molecular flexibility index (Phi) is 8.61. The van der Waals surface area contributed by atoms with Crippen molar-refractivity contribution in [3.05, 3.63) is 87.4 Å². The van der Waals surface area contributed by atoms with E-state index in [1.54, 1.807) is 17.0 Å². The topological polar surface area (TPSA) is 80.2 Å². The number of rotatable bonds is 9. The highest BCUT2D eigenvalue weighted by atomic mass is 79.9. The predicted octanol–water partition coefficient (Wildman–Crippen LogP) is 5.58. The number of nitrogens with one attached hydrogen (secondary N) is 1. The van der Waals surface area contributed by atoms with Gasteiger partial charge in [-0.3, -0.25) is 9.59 Å². The molecule has 36 heavy (non-hydrogen) atoms. The average molecular weight is 571 g/mol. The third-order valence-electron chi connectivity index (χ3n) is 5.60. The minimum Gasteiger partial charge on any atom is -0.490 e. The molecule has 186 valence electrons. The maximum absolute atomic E-state index is 12.6. The van der Waals surface area contributed by atoms with Gasteiger partial charge in [-0.1, -0.05) is 39.7 Å². The number of anilines is 1. The van der Waals surface area contributed by atoms with Crippen molar-refractivity contribution >= 4 is 51.2 Å². The van der Waals surface area contributed by atoms with E-state index in [2.05, 4.69) is 26.5 Å². The van der Waals surface area contributed by atoms with Crippen LogP contribution < -0.4 is 19.8 Å². The molecule has 1 N–H and O–H groups in total. The molecule has 0 spiro atoms. The summed E-state index contributed by atoms with van der Waals surface area (Å²) in [6.45, 7) is 3.05. The van der Waals surface area contributed by atoms with Gasteiger partial charge < -0.3 is 14.4 Å². The predicted molar refractivity (Wildman–Crippen MR) is 144 cm³/mol. The quantitative estimate of drug-likeness (QED) is 0.269. The van der Waals surface area contributed by atoms with Crippen molar-refractivity contribution in [2.75, 3.05) is 18.1 Å². The smallest absolute Gasteiger partial charge is 0.245 e. The zero-order valence-corrected chi connectivity index (χ0v) is 22.0. The molecule has 1 aliphatic heterocycles. The van der Waals surface area contributed by atoms with E-state index in [0.717, 1.165) is 21.3 Å². The third kappa shape index (κ3) is 6.65.